The van der Waals surface area contributed by atoms with Gasteiger partial charge in [0, 0.05) is 12.8 Å². The van der Waals surface area contributed by atoms with Crippen LogP contribution in [0.15, 0.2) is 35.5 Å². The van der Waals surface area contributed by atoms with E-state index >= 15 is 0 Å². The van der Waals surface area contributed by atoms with E-state index in [0.717, 1.165) is 24.0 Å². The van der Waals surface area contributed by atoms with Crippen molar-refractivity contribution in [2.45, 2.75) is 96.9 Å². The summed E-state index contributed by atoms with van der Waals surface area (Å²) < 4.78 is 0. The Morgan fingerprint density at radius 2 is 2.00 bits per heavy atom. The molecule has 0 radical (unpaired) electrons. The zero-order valence-corrected chi connectivity index (χ0v) is 19.2. The van der Waals surface area contributed by atoms with Gasteiger partial charge in [-0.1, -0.05) is 44.1 Å². The molecule has 30 heavy (non-hydrogen) atoms. The molecule has 0 bridgehead atoms. The van der Waals surface area contributed by atoms with E-state index in [0.29, 0.717) is 36.0 Å². The van der Waals surface area contributed by atoms with E-state index in [1.165, 1.54) is 31.3 Å². The molecule has 3 N–H and O–H groups in total. The first kappa shape index (κ1) is 23.3. The van der Waals surface area contributed by atoms with Gasteiger partial charge in [-0.25, -0.2) is 0 Å². The van der Waals surface area contributed by atoms with Crippen LogP contribution in [0, 0.1) is 35.0 Å². The predicted molar refractivity (Wildman–Crippen MR) is 123 cm³/mol. The molecule has 0 aromatic heterocycles. The van der Waals surface area contributed by atoms with Crippen molar-refractivity contribution in [3.63, 3.8) is 0 Å². The summed E-state index contributed by atoms with van der Waals surface area (Å²) in [5.41, 5.74) is 2.67. The lowest BCUT2D eigenvalue weighted by atomic mass is 9.61. The summed E-state index contributed by atoms with van der Waals surface area (Å²) in [5, 5.41) is 30.0. The first-order valence-corrected chi connectivity index (χ1v) is 11.7. The van der Waals surface area contributed by atoms with Crippen LogP contribution in [0.1, 0.15) is 79.1 Å². The smallest absolute Gasteiger partial charge is 0.119 e. The molecular formula is C27H40O3. The molecule has 3 fully saturated rings. The highest BCUT2D eigenvalue weighted by Gasteiger charge is 2.50. The fourth-order valence-corrected chi connectivity index (χ4v) is 6.25. The molecule has 3 aliphatic rings. The summed E-state index contributed by atoms with van der Waals surface area (Å²) >= 11 is 0. The Kier molecular flexibility index (Phi) is 7.02. The highest BCUT2D eigenvalue weighted by atomic mass is 16.3. The Morgan fingerprint density at radius 1 is 1.27 bits per heavy atom. The molecule has 3 heteroatoms. The fourth-order valence-electron chi connectivity index (χ4n) is 6.25. The van der Waals surface area contributed by atoms with Gasteiger partial charge in [-0.2, -0.15) is 0 Å². The Balaban J connectivity index is 1.75. The van der Waals surface area contributed by atoms with Crippen LogP contribution in [-0.4, -0.2) is 33.1 Å². The third kappa shape index (κ3) is 5.10. The maximum Gasteiger partial charge on any atom is 0.119 e. The van der Waals surface area contributed by atoms with Gasteiger partial charge >= 0.3 is 0 Å². The molecule has 0 amide bonds. The standard InChI is InChI=1S/C27H40O3/c1-18(8-6-14-26(3,4)30)23-12-13-24-20(9-7-15-27(23,24)5)10-11-21-16-22(28)17-25(29)19(21)2/h10-11,18,22-25,28-30H,2,7-9,12-13,15-17H2,1,3-5H3/b20-10-,21-11-/t18-,22-,23-,24+,25+,27-/m1/s1. The summed E-state index contributed by atoms with van der Waals surface area (Å²) in [4.78, 5) is 0. The molecule has 0 heterocycles. The van der Waals surface area contributed by atoms with Gasteiger partial charge in [0.15, 0.2) is 0 Å². The van der Waals surface area contributed by atoms with Crippen molar-refractivity contribution < 1.29 is 15.3 Å². The second kappa shape index (κ2) is 9.03. The summed E-state index contributed by atoms with van der Waals surface area (Å²) in [6.45, 7) is 12.3. The topological polar surface area (TPSA) is 60.7 Å². The first-order valence-electron chi connectivity index (χ1n) is 11.7. The van der Waals surface area contributed by atoms with Gasteiger partial charge in [-0.3, -0.25) is 0 Å². The number of aliphatic hydroxyl groups excluding tert-OH is 2. The molecule has 0 saturated heterocycles. The van der Waals surface area contributed by atoms with Crippen LogP contribution in [-0.2, 0) is 0 Å². The Bertz CT molecular complexity index is 772. The number of aliphatic hydroxyl groups is 3. The van der Waals surface area contributed by atoms with E-state index < -0.39 is 17.8 Å². The third-order valence-corrected chi connectivity index (χ3v) is 7.81. The third-order valence-electron chi connectivity index (χ3n) is 7.81. The average molecular weight is 413 g/mol. The maximum absolute atomic E-state index is 10.1. The van der Waals surface area contributed by atoms with Gasteiger partial charge in [-0.15, -0.1) is 5.92 Å². The van der Waals surface area contributed by atoms with Crippen molar-refractivity contribution >= 4 is 0 Å². The highest BCUT2D eigenvalue weighted by Crippen LogP contribution is 2.59. The summed E-state index contributed by atoms with van der Waals surface area (Å²) in [7, 11) is 0. The van der Waals surface area contributed by atoms with Gasteiger partial charge in [0.1, 0.15) is 5.60 Å². The molecule has 3 rings (SSSR count). The quantitative estimate of drug-likeness (QED) is 0.576. The predicted octanol–water partition coefficient (Wildman–Crippen LogP) is 4.93. The lowest BCUT2D eigenvalue weighted by Gasteiger charge is -2.44. The lowest BCUT2D eigenvalue weighted by molar-refractivity contribution is 0.0861. The number of hydrogen-bond donors (Lipinski definition) is 3. The van der Waals surface area contributed by atoms with E-state index in [9.17, 15) is 15.3 Å². The van der Waals surface area contributed by atoms with Crippen molar-refractivity contribution in [1.82, 2.24) is 0 Å². The van der Waals surface area contributed by atoms with Crippen molar-refractivity contribution in [2.24, 2.45) is 23.2 Å². The number of rotatable bonds is 3. The molecule has 166 valence electrons. The molecular weight excluding hydrogens is 372 g/mol. The molecule has 3 saturated carbocycles. The molecule has 0 aliphatic heterocycles. The first-order chi connectivity index (χ1) is 14.0. The van der Waals surface area contributed by atoms with Gasteiger partial charge in [0.25, 0.3) is 0 Å². The van der Waals surface area contributed by atoms with E-state index in [2.05, 4.69) is 44.4 Å². The SMILES string of the molecule is C=C1/C(=C\C=C2\CCC[C@]3(C)[C@@H]([C@H](C)CC#CC(C)(C)O)CC[C@@H]23)C[C@@H](O)C[C@@H]1O. The average Bonchev–Trinajstić information content (AvgIpc) is 3.00. The maximum atomic E-state index is 10.1. The minimum absolute atomic E-state index is 0.307. The second-order valence-corrected chi connectivity index (χ2v) is 10.7. The van der Waals surface area contributed by atoms with Crippen LogP contribution < -0.4 is 0 Å². The van der Waals surface area contributed by atoms with Crippen LogP contribution in [0.25, 0.3) is 0 Å². The van der Waals surface area contributed by atoms with Crippen molar-refractivity contribution in [1.29, 1.82) is 0 Å². The minimum atomic E-state index is -0.916. The van der Waals surface area contributed by atoms with Crippen molar-refractivity contribution in [2.75, 3.05) is 0 Å². The second-order valence-electron chi connectivity index (χ2n) is 10.7. The zero-order chi connectivity index (χ0) is 22.1. The molecule has 0 unspecified atom stereocenters. The van der Waals surface area contributed by atoms with Gasteiger partial charge < -0.3 is 15.3 Å². The summed E-state index contributed by atoms with van der Waals surface area (Å²) in [5.74, 6) is 7.98. The Morgan fingerprint density at radius 3 is 2.70 bits per heavy atom. The van der Waals surface area contributed by atoms with Crippen LogP contribution in [0.5, 0.6) is 0 Å². The zero-order valence-electron chi connectivity index (χ0n) is 19.2. The van der Waals surface area contributed by atoms with E-state index in [4.69, 9.17) is 0 Å². The van der Waals surface area contributed by atoms with Crippen LogP contribution >= 0.6 is 0 Å². The molecule has 0 aromatic carbocycles. The van der Waals surface area contributed by atoms with Crippen LogP contribution in [0.4, 0.5) is 0 Å². The number of hydrogen-bond acceptors (Lipinski definition) is 3. The molecule has 3 aliphatic carbocycles. The van der Waals surface area contributed by atoms with Crippen molar-refractivity contribution in [3.8, 4) is 11.8 Å². The van der Waals surface area contributed by atoms with E-state index in [1.807, 2.05) is 0 Å². The molecule has 6 atom stereocenters. The lowest BCUT2D eigenvalue weighted by Crippen LogP contribution is -2.36. The van der Waals surface area contributed by atoms with Crippen LogP contribution in [0.2, 0.25) is 0 Å². The monoisotopic (exact) mass is 412 g/mol. The van der Waals surface area contributed by atoms with Gasteiger partial charge in [-0.05, 0) is 86.7 Å². The minimum Gasteiger partial charge on any atom is -0.393 e. The van der Waals surface area contributed by atoms with E-state index in [1.54, 1.807) is 13.8 Å². The fraction of sp³-hybridized carbons (Fsp3) is 0.704. The summed E-state index contributed by atoms with van der Waals surface area (Å²) in [6, 6.07) is 0. The van der Waals surface area contributed by atoms with Crippen LogP contribution in [0.3, 0.4) is 0 Å². The normalized spacial score (nSPS) is 38.3. The molecule has 0 spiro atoms. The van der Waals surface area contributed by atoms with E-state index in [-0.39, 0.29) is 0 Å². The Labute approximate surface area is 183 Å². The number of allylic oxidation sites excluding steroid dienone is 3. The Hall–Kier alpha value is -1.34. The van der Waals surface area contributed by atoms with Crippen molar-refractivity contribution in [3.05, 3.63) is 35.5 Å². The number of fused-ring (bicyclic) bond motifs is 1. The summed E-state index contributed by atoms with van der Waals surface area (Å²) in [6.07, 6.45) is 11.2. The van der Waals surface area contributed by atoms with Gasteiger partial charge in [0.05, 0.1) is 12.2 Å². The largest absolute Gasteiger partial charge is 0.393 e. The highest BCUT2D eigenvalue weighted by molar-refractivity contribution is 5.38. The molecule has 0 aromatic rings. The molecule has 3 nitrogen and oxygen atoms in total. The van der Waals surface area contributed by atoms with Gasteiger partial charge in [0.2, 0.25) is 0 Å².